The lowest BCUT2D eigenvalue weighted by Crippen LogP contribution is -2.26. The number of fused-ring (bicyclic) bond motifs is 16. The van der Waals surface area contributed by atoms with Crippen LogP contribution in [0.3, 0.4) is 0 Å². The molecule has 0 aromatic heterocycles. The van der Waals surface area contributed by atoms with Crippen LogP contribution >= 0.6 is 0 Å². The normalized spacial score (nSPS) is 17.0. The van der Waals surface area contributed by atoms with Crippen LogP contribution in [-0.2, 0) is 16.2 Å². The highest BCUT2D eigenvalue weighted by Gasteiger charge is 2.52. The van der Waals surface area contributed by atoms with E-state index >= 15 is 0 Å². The zero-order valence-electron chi connectivity index (χ0n) is 40.9. The van der Waals surface area contributed by atoms with Crippen molar-refractivity contribution in [3.05, 3.63) is 244 Å². The Balaban J connectivity index is 0.929. The molecule has 0 heterocycles. The maximum Gasteiger partial charge on any atom is 0.0726 e. The van der Waals surface area contributed by atoms with Crippen LogP contribution in [0, 0.1) is 0 Å². The van der Waals surface area contributed by atoms with Gasteiger partial charge < -0.3 is 4.90 Å². The first-order valence-corrected chi connectivity index (χ1v) is 26.1. The molecule has 14 rings (SSSR count). The first-order chi connectivity index (χ1) is 34.2. The summed E-state index contributed by atoms with van der Waals surface area (Å²) in [5, 5.41) is 0. The van der Waals surface area contributed by atoms with E-state index < -0.39 is 5.41 Å². The monoisotopic (exact) mass is 901 g/mol. The van der Waals surface area contributed by atoms with E-state index in [-0.39, 0.29) is 10.8 Å². The van der Waals surface area contributed by atoms with Gasteiger partial charge in [0.15, 0.2) is 0 Å². The molecule has 0 unspecified atom stereocenters. The van der Waals surface area contributed by atoms with Crippen LogP contribution in [0.2, 0.25) is 0 Å². The molecule has 5 aliphatic rings. The lowest BCUT2D eigenvalue weighted by molar-refractivity contribution is 0.455. The van der Waals surface area contributed by atoms with E-state index in [9.17, 15) is 0 Å². The zero-order valence-corrected chi connectivity index (χ0v) is 40.9. The van der Waals surface area contributed by atoms with Crippen LogP contribution in [0.5, 0.6) is 0 Å². The van der Waals surface area contributed by atoms with Gasteiger partial charge in [-0.2, -0.15) is 0 Å². The summed E-state index contributed by atoms with van der Waals surface area (Å²) in [6.07, 6.45) is 9.36. The Morgan fingerprint density at radius 1 is 0.329 bits per heavy atom. The Morgan fingerprint density at radius 3 is 1.40 bits per heavy atom. The second kappa shape index (κ2) is 15.4. The predicted octanol–water partition coefficient (Wildman–Crippen LogP) is 18.6. The largest absolute Gasteiger partial charge is 0.310 e. The molecule has 1 fully saturated rings. The van der Waals surface area contributed by atoms with Crippen LogP contribution in [0.15, 0.2) is 194 Å². The molecule has 1 spiro atoms. The molecule has 0 amide bonds. The van der Waals surface area contributed by atoms with Crippen molar-refractivity contribution >= 4 is 17.1 Å². The molecule has 70 heavy (non-hydrogen) atoms. The lowest BCUT2D eigenvalue weighted by Gasteiger charge is -2.32. The van der Waals surface area contributed by atoms with Gasteiger partial charge in [-0.1, -0.05) is 211 Å². The number of benzene rings is 9. The Labute approximate surface area is 414 Å². The molecule has 0 bridgehead atoms. The highest BCUT2D eigenvalue weighted by Crippen LogP contribution is 2.64. The van der Waals surface area contributed by atoms with Gasteiger partial charge in [-0.15, -0.1) is 0 Å². The molecular weight excluding hydrogens is 843 g/mol. The summed E-state index contributed by atoms with van der Waals surface area (Å²) in [6, 6.07) is 75.2. The minimum Gasteiger partial charge on any atom is -0.310 e. The van der Waals surface area contributed by atoms with Crippen molar-refractivity contribution in [1.29, 1.82) is 0 Å². The molecule has 9 aromatic rings. The van der Waals surface area contributed by atoms with Crippen molar-refractivity contribution in [2.45, 2.75) is 94.8 Å². The molecular formula is C69H59N. The van der Waals surface area contributed by atoms with E-state index in [1.54, 1.807) is 0 Å². The van der Waals surface area contributed by atoms with Gasteiger partial charge in [0.05, 0.1) is 5.41 Å². The van der Waals surface area contributed by atoms with E-state index in [2.05, 4.69) is 227 Å². The third-order valence-corrected chi connectivity index (χ3v) is 17.8. The summed E-state index contributed by atoms with van der Waals surface area (Å²) in [4.78, 5) is 2.56. The molecule has 0 aliphatic heterocycles. The summed E-state index contributed by atoms with van der Waals surface area (Å²) < 4.78 is 0. The molecule has 340 valence electrons. The molecule has 0 N–H and O–H groups in total. The fourth-order valence-corrected chi connectivity index (χ4v) is 14.5. The number of hydrogen-bond acceptors (Lipinski definition) is 1. The Hall–Kier alpha value is -7.22. The molecule has 1 heteroatoms. The number of rotatable bonds is 5. The first kappa shape index (κ1) is 41.7. The molecule has 0 atom stereocenters. The summed E-state index contributed by atoms with van der Waals surface area (Å²) >= 11 is 0. The van der Waals surface area contributed by atoms with E-state index in [0.717, 1.165) is 0 Å². The molecule has 1 saturated carbocycles. The lowest BCUT2D eigenvalue weighted by atomic mass is 9.70. The molecule has 1 nitrogen and oxygen atoms in total. The van der Waals surface area contributed by atoms with Gasteiger partial charge in [0.1, 0.15) is 0 Å². The second-order valence-electron chi connectivity index (χ2n) is 22.1. The zero-order chi connectivity index (χ0) is 46.9. The third-order valence-electron chi connectivity index (χ3n) is 17.8. The smallest absolute Gasteiger partial charge is 0.0726 e. The second-order valence-corrected chi connectivity index (χ2v) is 22.1. The Kier molecular flexibility index (Phi) is 9.17. The maximum absolute atomic E-state index is 2.56. The summed E-state index contributed by atoms with van der Waals surface area (Å²) in [5.74, 6) is 0.631. The van der Waals surface area contributed by atoms with Crippen LogP contribution in [-0.4, -0.2) is 0 Å². The van der Waals surface area contributed by atoms with Crippen LogP contribution in [0.25, 0.3) is 55.6 Å². The fraction of sp³-hybridized carbons (Fsp3) is 0.217. The fourth-order valence-electron chi connectivity index (χ4n) is 14.5. The van der Waals surface area contributed by atoms with Crippen molar-refractivity contribution in [1.82, 2.24) is 0 Å². The van der Waals surface area contributed by atoms with Gasteiger partial charge >= 0.3 is 0 Å². The van der Waals surface area contributed by atoms with E-state index in [1.807, 2.05) is 0 Å². The minimum absolute atomic E-state index is 0.0884. The first-order valence-electron chi connectivity index (χ1n) is 26.1. The van der Waals surface area contributed by atoms with Crippen LogP contribution < -0.4 is 4.90 Å². The maximum atomic E-state index is 2.56. The van der Waals surface area contributed by atoms with Crippen molar-refractivity contribution in [3.8, 4) is 55.6 Å². The SMILES string of the molecule is CC1(C)c2ccc(-c3cccc4c3C(C)(C)c3ccccc3-4)cc2-c2ccc(N(c3ccc(C4CCCCCCC4)cc3)c3ccc4c(c3)C3(c5ccccc5-c5ccccc53)c3ccccc3-4)cc21. The van der Waals surface area contributed by atoms with Gasteiger partial charge in [-0.25, -0.2) is 0 Å². The predicted molar refractivity (Wildman–Crippen MR) is 293 cm³/mol. The standard InChI is InChI=1S/C69H59N/c1-67(2)60-40-33-46(50-25-18-26-57-54-24-10-14-27-59(54)68(3,4)66(50)57)41-58(60)56-39-37-48(42-64(56)67)70(47-34-31-45(32-35-47)44-19-8-6-5-7-9-20-44)49-36-38-55-53-23-13-17-30-63(53)69(65(55)43-49)61-28-15-11-21-51(61)52-22-12-16-29-62(52)69/h10-18,21-44H,5-9,19-20H2,1-4H3. The summed E-state index contributed by atoms with van der Waals surface area (Å²) in [7, 11) is 0. The topological polar surface area (TPSA) is 3.24 Å². The summed E-state index contributed by atoms with van der Waals surface area (Å²) in [5.41, 5.74) is 28.8. The van der Waals surface area contributed by atoms with Crippen molar-refractivity contribution < 1.29 is 0 Å². The van der Waals surface area contributed by atoms with Gasteiger partial charge in [0.2, 0.25) is 0 Å². The van der Waals surface area contributed by atoms with Crippen molar-refractivity contribution in [3.63, 3.8) is 0 Å². The average molecular weight is 902 g/mol. The Bertz CT molecular complexity index is 3530. The Morgan fingerprint density at radius 2 is 0.786 bits per heavy atom. The van der Waals surface area contributed by atoms with E-state index in [4.69, 9.17) is 0 Å². The number of nitrogens with zero attached hydrogens (tertiary/aromatic N) is 1. The van der Waals surface area contributed by atoms with E-state index in [1.165, 1.54) is 168 Å². The quantitative estimate of drug-likeness (QED) is 0.166. The molecule has 9 aromatic carbocycles. The highest BCUT2D eigenvalue weighted by atomic mass is 15.1. The van der Waals surface area contributed by atoms with Crippen LogP contribution in [0.4, 0.5) is 17.1 Å². The molecule has 5 aliphatic carbocycles. The van der Waals surface area contributed by atoms with Gasteiger partial charge in [0.25, 0.3) is 0 Å². The van der Waals surface area contributed by atoms with Gasteiger partial charge in [0, 0.05) is 27.9 Å². The molecule has 0 saturated heterocycles. The third kappa shape index (κ3) is 5.78. The number of anilines is 3. The summed E-state index contributed by atoms with van der Waals surface area (Å²) in [6.45, 7) is 9.66. The molecule has 0 radical (unpaired) electrons. The average Bonchev–Trinajstić information content (AvgIpc) is 4.01. The number of hydrogen-bond donors (Lipinski definition) is 0. The van der Waals surface area contributed by atoms with Gasteiger partial charge in [-0.05, 0) is 167 Å². The van der Waals surface area contributed by atoms with Crippen molar-refractivity contribution in [2.24, 2.45) is 0 Å². The van der Waals surface area contributed by atoms with Crippen molar-refractivity contribution in [2.75, 3.05) is 4.90 Å². The highest BCUT2D eigenvalue weighted by molar-refractivity contribution is 5.97. The van der Waals surface area contributed by atoms with E-state index in [0.29, 0.717) is 5.92 Å². The van der Waals surface area contributed by atoms with Gasteiger partial charge in [-0.3, -0.25) is 0 Å². The minimum atomic E-state index is -0.418. The van der Waals surface area contributed by atoms with Crippen LogP contribution in [0.1, 0.15) is 129 Å².